The summed E-state index contributed by atoms with van der Waals surface area (Å²) in [6.07, 6.45) is 4.69. The van der Waals surface area contributed by atoms with E-state index in [1.807, 2.05) is 24.4 Å². The molecule has 0 spiro atoms. The molecule has 0 saturated heterocycles. The van der Waals surface area contributed by atoms with E-state index in [0.29, 0.717) is 0 Å². The van der Waals surface area contributed by atoms with Gasteiger partial charge >= 0.3 is 0 Å². The Morgan fingerprint density at radius 3 is 2.93 bits per heavy atom. The molecule has 0 fully saturated rings. The lowest BCUT2D eigenvalue weighted by atomic mass is 10.4. The lowest BCUT2D eigenvalue weighted by Gasteiger charge is -1.98. The SMILES string of the molecule is CCc1cnc(Nc2ccccn2)s1. The highest BCUT2D eigenvalue weighted by Crippen LogP contribution is 2.21. The van der Waals surface area contributed by atoms with Gasteiger partial charge in [0.25, 0.3) is 0 Å². The van der Waals surface area contributed by atoms with Crippen molar-refractivity contribution in [2.24, 2.45) is 0 Å². The van der Waals surface area contributed by atoms with Gasteiger partial charge in [-0.15, -0.1) is 11.3 Å². The van der Waals surface area contributed by atoms with Crippen molar-refractivity contribution in [3.05, 3.63) is 35.5 Å². The van der Waals surface area contributed by atoms with E-state index in [1.54, 1.807) is 17.5 Å². The molecule has 0 aliphatic heterocycles. The maximum atomic E-state index is 4.25. The van der Waals surface area contributed by atoms with Gasteiger partial charge in [-0.1, -0.05) is 13.0 Å². The van der Waals surface area contributed by atoms with Crippen LogP contribution in [0.15, 0.2) is 30.6 Å². The molecule has 72 valence electrons. The normalized spacial score (nSPS) is 10.1. The Hall–Kier alpha value is -1.42. The molecule has 3 nitrogen and oxygen atoms in total. The minimum atomic E-state index is 0.838. The minimum absolute atomic E-state index is 0.838. The highest BCUT2D eigenvalue weighted by atomic mass is 32.1. The van der Waals surface area contributed by atoms with Crippen molar-refractivity contribution in [1.29, 1.82) is 0 Å². The Morgan fingerprint density at radius 1 is 1.36 bits per heavy atom. The van der Waals surface area contributed by atoms with Gasteiger partial charge in [0.1, 0.15) is 5.82 Å². The molecule has 0 aromatic carbocycles. The summed E-state index contributed by atoms with van der Waals surface area (Å²) < 4.78 is 0. The third-order valence-electron chi connectivity index (χ3n) is 1.80. The fourth-order valence-corrected chi connectivity index (χ4v) is 1.83. The summed E-state index contributed by atoms with van der Waals surface area (Å²) in [4.78, 5) is 9.70. The topological polar surface area (TPSA) is 37.8 Å². The fraction of sp³-hybridized carbons (Fsp3) is 0.200. The lowest BCUT2D eigenvalue weighted by molar-refractivity contribution is 1.17. The van der Waals surface area contributed by atoms with Gasteiger partial charge in [-0.05, 0) is 18.6 Å². The number of aryl methyl sites for hydroxylation is 1. The number of nitrogens with one attached hydrogen (secondary N) is 1. The second kappa shape index (κ2) is 4.19. The number of hydrogen-bond donors (Lipinski definition) is 1. The van der Waals surface area contributed by atoms with Gasteiger partial charge in [-0.2, -0.15) is 0 Å². The molecule has 0 unspecified atom stereocenters. The molecule has 0 aliphatic rings. The molecule has 14 heavy (non-hydrogen) atoms. The summed E-state index contributed by atoms with van der Waals surface area (Å²) >= 11 is 1.67. The zero-order valence-electron chi connectivity index (χ0n) is 7.90. The maximum Gasteiger partial charge on any atom is 0.188 e. The Kier molecular flexibility index (Phi) is 2.74. The molecule has 2 heterocycles. The standard InChI is InChI=1S/C10H11N3S/c1-2-8-7-12-10(14-8)13-9-5-3-4-6-11-9/h3-7H,2H2,1H3,(H,11,12,13). The first-order chi connectivity index (χ1) is 6.88. The zero-order chi connectivity index (χ0) is 9.80. The Morgan fingerprint density at radius 2 is 2.29 bits per heavy atom. The third kappa shape index (κ3) is 2.09. The van der Waals surface area contributed by atoms with Gasteiger partial charge in [-0.3, -0.25) is 0 Å². The van der Waals surface area contributed by atoms with Crippen LogP contribution in [0.1, 0.15) is 11.8 Å². The van der Waals surface area contributed by atoms with Crippen LogP contribution in [0.25, 0.3) is 0 Å². The largest absolute Gasteiger partial charge is 0.316 e. The highest BCUT2D eigenvalue weighted by Gasteiger charge is 2.00. The van der Waals surface area contributed by atoms with E-state index in [4.69, 9.17) is 0 Å². The van der Waals surface area contributed by atoms with Gasteiger partial charge in [0, 0.05) is 17.3 Å². The number of anilines is 2. The van der Waals surface area contributed by atoms with Crippen LogP contribution in [0.2, 0.25) is 0 Å². The first-order valence-corrected chi connectivity index (χ1v) is 5.33. The summed E-state index contributed by atoms with van der Waals surface area (Å²) in [7, 11) is 0. The molecule has 1 N–H and O–H groups in total. The summed E-state index contributed by atoms with van der Waals surface area (Å²) in [5.74, 6) is 0.838. The van der Waals surface area contributed by atoms with E-state index >= 15 is 0 Å². The van der Waals surface area contributed by atoms with Crippen molar-refractivity contribution < 1.29 is 0 Å². The van der Waals surface area contributed by atoms with E-state index in [-0.39, 0.29) is 0 Å². The van der Waals surface area contributed by atoms with Crippen molar-refractivity contribution >= 4 is 22.3 Å². The first kappa shape index (κ1) is 9.15. The van der Waals surface area contributed by atoms with Gasteiger partial charge in [-0.25, -0.2) is 9.97 Å². The Labute approximate surface area is 86.8 Å². The summed E-state index contributed by atoms with van der Waals surface area (Å²) in [5, 5.41) is 4.06. The van der Waals surface area contributed by atoms with Gasteiger partial charge in [0.15, 0.2) is 5.13 Å². The second-order valence-electron chi connectivity index (χ2n) is 2.83. The zero-order valence-corrected chi connectivity index (χ0v) is 8.71. The van der Waals surface area contributed by atoms with Crippen LogP contribution in [0, 0.1) is 0 Å². The monoisotopic (exact) mass is 205 g/mol. The van der Waals surface area contributed by atoms with Crippen LogP contribution >= 0.6 is 11.3 Å². The summed E-state index contributed by atoms with van der Waals surface area (Å²) in [6.45, 7) is 2.12. The molecule has 2 aromatic rings. The predicted molar refractivity (Wildman–Crippen MR) is 59.0 cm³/mol. The number of rotatable bonds is 3. The van der Waals surface area contributed by atoms with E-state index in [2.05, 4.69) is 22.2 Å². The first-order valence-electron chi connectivity index (χ1n) is 4.51. The van der Waals surface area contributed by atoms with Gasteiger partial charge < -0.3 is 5.32 Å². The van der Waals surface area contributed by atoms with E-state index in [0.717, 1.165) is 17.4 Å². The van der Waals surface area contributed by atoms with Crippen LogP contribution in [-0.2, 0) is 6.42 Å². The number of nitrogens with zero attached hydrogens (tertiary/aromatic N) is 2. The minimum Gasteiger partial charge on any atom is -0.316 e. The number of hydrogen-bond acceptors (Lipinski definition) is 4. The van der Waals surface area contributed by atoms with Crippen molar-refractivity contribution in [3.63, 3.8) is 0 Å². The van der Waals surface area contributed by atoms with Crippen LogP contribution in [-0.4, -0.2) is 9.97 Å². The Bertz CT molecular complexity index is 397. The number of pyridine rings is 1. The maximum absolute atomic E-state index is 4.25. The molecule has 0 atom stereocenters. The molecule has 0 radical (unpaired) electrons. The van der Waals surface area contributed by atoms with Crippen molar-refractivity contribution in [2.75, 3.05) is 5.32 Å². The van der Waals surface area contributed by atoms with E-state index in [1.165, 1.54) is 4.88 Å². The molecule has 2 rings (SSSR count). The summed E-state index contributed by atoms with van der Waals surface area (Å²) in [6, 6.07) is 5.77. The van der Waals surface area contributed by atoms with Crippen LogP contribution in [0.4, 0.5) is 10.9 Å². The third-order valence-corrected chi connectivity index (χ3v) is 2.86. The smallest absolute Gasteiger partial charge is 0.188 e. The number of thiazole rings is 1. The Balaban J connectivity index is 2.11. The van der Waals surface area contributed by atoms with Gasteiger partial charge in [0.2, 0.25) is 0 Å². The lowest BCUT2D eigenvalue weighted by Crippen LogP contribution is -1.90. The molecular weight excluding hydrogens is 194 g/mol. The van der Waals surface area contributed by atoms with Crippen molar-refractivity contribution in [2.45, 2.75) is 13.3 Å². The van der Waals surface area contributed by atoms with Gasteiger partial charge in [0.05, 0.1) is 0 Å². The molecule has 4 heteroatoms. The molecular formula is C10H11N3S. The van der Waals surface area contributed by atoms with Crippen molar-refractivity contribution in [1.82, 2.24) is 9.97 Å². The molecule has 2 aromatic heterocycles. The molecule has 0 saturated carbocycles. The molecule has 0 aliphatic carbocycles. The predicted octanol–water partition coefficient (Wildman–Crippen LogP) is 2.84. The number of aromatic nitrogens is 2. The highest BCUT2D eigenvalue weighted by molar-refractivity contribution is 7.15. The summed E-state index contributed by atoms with van der Waals surface area (Å²) in [5.41, 5.74) is 0. The van der Waals surface area contributed by atoms with Crippen molar-refractivity contribution in [3.8, 4) is 0 Å². The van der Waals surface area contributed by atoms with Crippen LogP contribution < -0.4 is 5.32 Å². The second-order valence-corrected chi connectivity index (χ2v) is 3.94. The fourth-order valence-electron chi connectivity index (χ4n) is 1.08. The average Bonchev–Trinajstić information content (AvgIpc) is 2.67. The average molecular weight is 205 g/mol. The van der Waals surface area contributed by atoms with Crippen LogP contribution in [0.5, 0.6) is 0 Å². The van der Waals surface area contributed by atoms with E-state index < -0.39 is 0 Å². The van der Waals surface area contributed by atoms with E-state index in [9.17, 15) is 0 Å². The molecule has 0 bridgehead atoms. The molecule has 0 amide bonds. The van der Waals surface area contributed by atoms with Crippen LogP contribution in [0.3, 0.4) is 0 Å². The quantitative estimate of drug-likeness (QED) is 0.837.